The molecule has 0 aliphatic carbocycles. The molecule has 9 heteroatoms. The molecule has 0 spiro atoms. The highest BCUT2D eigenvalue weighted by atomic mass is 35.5. The molecule has 1 atom stereocenters. The summed E-state index contributed by atoms with van der Waals surface area (Å²) in [6.45, 7) is 3.98. The van der Waals surface area contributed by atoms with Crippen LogP contribution in [0.5, 0.6) is 0 Å². The van der Waals surface area contributed by atoms with E-state index in [4.69, 9.17) is 11.6 Å². The second-order valence-electron chi connectivity index (χ2n) is 7.37. The van der Waals surface area contributed by atoms with E-state index in [0.717, 1.165) is 17.0 Å². The number of rotatable bonds is 7. The summed E-state index contributed by atoms with van der Waals surface area (Å²) in [7, 11) is 0. The van der Waals surface area contributed by atoms with Gasteiger partial charge in [0.1, 0.15) is 0 Å². The summed E-state index contributed by atoms with van der Waals surface area (Å²) in [6, 6.07) is 16.2. The molecule has 4 rings (SSSR count). The van der Waals surface area contributed by atoms with Gasteiger partial charge < -0.3 is 10.4 Å². The lowest BCUT2D eigenvalue weighted by Crippen LogP contribution is -2.29. The van der Waals surface area contributed by atoms with E-state index in [0.29, 0.717) is 32.8 Å². The number of amides is 1. The number of nitrogens with zero attached hydrogens (tertiary/aromatic N) is 4. The van der Waals surface area contributed by atoms with Gasteiger partial charge in [-0.2, -0.15) is 4.98 Å². The molecular formula is C23H22ClN5O2S. The maximum atomic E-state index is 12.8. The van der Waals surface area contributed by atoms with Crippen LogP contribution in [0, 0.1) is 13.8 Å². The first kappa shape index (κ1) is 22.3. The van der Waals surface area contributed by atoms with Gasteiger partial charge in [-0.05, 0) is 49.2 Å². The number of carbonyl (C=O) groups excluding carboxylic acids is 1. The number of aliphatic hydroxyl groups excluding tert-OH is 1. The van der Waals surface area contributed by atoms with Gasteiger partial charge in [0.2, 0.25) is 5.16 Å². The third-order valence-corrected chi connectivity index (χ3v) is 6.07. The molecule has 0 fully saturated rings. The number of aryl methyl sites for hydroxylation is 2. The normalized spacial score (nSPS) is 12.1. The molecule has 164 valence electrons. The number of halogens is 1. The molecule has 0 aliphatic heterocycles. The van der Waals surface area contributed by atoms with Crippen molar-refractivity contribution < 1.29 is 9.90 Å². The molecule has 4 aromatic rings. The van der Waals surface area contributed by atoms with Crippen molar-refractivity contribution in [3.8, 4) is 0 Å². The second-order valence-corrected chi connectivity index (χ2v) is 8.75. The van der Waals surface area contributed by atoms with Gasteiger partial charge in [0.15, 0.2) is 0 Å². The first-order valence-corrected chi connectivity index (χ1v) is 11.4. The molecule has 2 aromatic carbocycles. The Bertz CT molecular complexity index is 1260. The monoisotopic (exact) mass is 467 g/mol. The Morgan fingerprint density at radius 2 is 1.91 bits per heavy atom. The Morgan fingerprint density at radius 3 is 2.69 bits per heavy atom. The third-order valence-electron chi connectivity index (χ3n) is 4.93. The average Bonchev–Trinajstić information content (AvgIpc) is 3.20. The molecule has 1 amide bonds. The first-order valence-electron chi connectivity index (χ1n) is 10.0. The molecule has 0 bridgehead atoms. The van der Waals surface area contributed by atoms with Crippen molar-refractivity contribution in [2.24, 2.45) is 0 Å². The van der Waals surface area contributed by atoms with Crippen LogP contribution in [0.15, 0.2) is 59.8 Å². The van der Waals surface area contributed by atoms with E-state index >= 15 is 0 Å². The Labute approximate surface area is 194 Å². The number of aliphatic hydroxyl groups is 1. The minimum absolute atomic E-state index is 0.0975. The SMILES string of the molecule is Cc1cc(C)n2nc(SCc3ccccc3C(=O)NCC(O)c3ccc(Cl)cc3)nc2n1. The molecule has 0 radical (unpaired) electrons. The first-order chi connectivity index (χ1) is 15.4. The predicted molar refractivity (Wildman–Crippen MR) is 125 cm³/mol. The lowest BCUT2D eigenvalue weighted by molar-refractivity contribution is 0.0915. The number of nitrogens with one attached hydrogen (secondary N) is 1. The molecule has 0 saturated heterocycles. The largest absolute Gasteiger partial charge is 0.387 e. The number of thioether (sulfide) groups is 1. The molecule has 1 unspecified atom stereocenters. The van der Waals surface area contributed by atoms with Gasteiger partial charge in [-0.3, -0.25) is 4.79 Å². The van der Waals surface area contributed by atoms with Gasteiger partial charge in [-0.1, -0.05) is 53.7 Å². The van der Waals surface area contributed by atoms with E-state index in [2.05, 4.69) is 20.4 Å². The van der Waals surface area contributed by atoms with E-state index in [1.165, 1.54) is 11.8 Å². The van der Waals surface area contributed by atoms with Crippen LogP contribution in [0.3, 0.4) is 0 Å². The van der Waals surface area contributed by atoms with Crippen LogP contribution in [0.4, 0.5) is 0 Å². The molecule has 0 saturated carbocycles. The second kappa shape index (κ2) is 9.68. The zero-order chi connectivity index (χ0) is 22.7. The summed E-state index contributed by atoms with van der Waals surface area (Å²) < 4.78 is 1.71. The summed E-state index contributed by atoms with van der Waals surface area (Å²) >= 11 is 7.33. The maximum absolute atomic E-state index is 12.8. The molecule has 7 nitrogen and oxygen atoms in total. The third kappa shape index (κ3) is 5.09. The van der Waals surface area contributed by atoms with E-state index in [1.54, 1.807) is 34.8 Å². The van der Waals surface area contributed by atoms with Crippen molar-refractivity contribution in [2.45, 2.75) is 30.9 Å². The molecule has 2 N–H and O–H groups in total. The topological polar surface area (TPSA) is 92.4 Å². The molecule has 32 heavy (non-hydrogen) atoms. The number of benzene rings is 2. The van der Waals surface area contributed by atoms with Crippen LogP contribution in [0.25, 0.3) is 5.78 Å². The molecule has 2 aromatic heterocycles. The van der Waals surface area contributed by atoms with E-state index < -0.39 is 6.10 Å². The predicted octanol–water partition coefficient (Wildman–Crippen LogP) is 4.15. The number of hydrogen-bond acceptors (Lipinski definition) is 6. The van der Waals surface area contributed by atoms with Crippen molar-refractivity contribution >= 4 is 35.0 Å². The van der Waals surface area contributed by atoms with E-state index in [1.807, 2.05) is 38.1 Å². The molecule has 0 aliphatic rings. The van der Waals surface area contributed by atoms with Gasteiger partial charge in [-0.25, -0.2) is 9.50 Å². The van der Waals surface area contributed by atoms with Crippen LogP contribution in [-0.2, 0) is 5.75 Å². The quantitative estimate of drug-likeness (QED) is 0.397. The number of hydrogen-bond donors (Lipinski definition) is 2. The Hall–Kier alpha value is -2.94. The molecule has 2 heterocycles. The van der Waals surface area contributed by atoms with Gasteiger partial charge in [0, 0.05) is 34.3 Å². The average molecular weight is 468 g/mol. The van der Waals surface area contributed by atoms with Crippen LogP contribution in [-0.4, -0.2) is 37.1 Å². The smallest absolute Gasteiger partial charge is 0.253 e. The van der Waals surface area contributed by atoms with Crippen molar-refractivity contribution in [1.29, 1.82) is 0 Å². The van der Waals surface area contributed by atoms with Crippen LogP contribution < -0.4 is 5.32 Å². The number of fused-ring (bicyclic) bond motifs is 1. The Morgan fingerprint density at radius 1 is 1.16 bits per heavy atom. The van der Waals surface area contributed by atoms with Crippen molar-refractivity contribution in [3.05, 3.63) is 87.7 Å². The minimum Gasteiger partial charge on any atom is -0.387 e. The highest BCUT2D eigenvalue weighted by molar-refractivity contribution is 7.98. The standard InChI is InChI=1S/C23H22ClN5O2S/c1-14-11-15(2)29-22(26-14)27-23(28-29)32-13-17-5-3-4-6-19(17)21(31)25-12-20(30)16-7-9-18(24)10-8-16/h3-11,20,30H,12-13H2,1-2H3,(H,25,31). The fourth-order valence-electron chi connectivity index (χ4n) is 3.31. The van der Waals surface area contributed by atoms with Crippen LogP contribution >= 0.6 is 23.4 Å². The molecular weight excluding hydrogens is 446 g/mol. The summed E-state index contributed by atoms with van der Waals surface area (Å²) in [4.78, 5) is 21.7. The number of carbonyl (C=O) groups is 1. The lowest BCUT2D eigenvalue weighted by atomic mass is 10.1. The van der Waals surface area contributed by atoms with Crippen molar-refractivity contribution in [3.63, 3.8) is 0 Å². The fraction of sp³-hybridized carbons (Fsp3) is 0.217. The highest BCUT2D eigenvalue weighted by Gasteiger charge is 2.15. The zero-order valence-electron chi connectivity index (χ0n) is 17.6. The van der Waals surface area contributed by atoms with Crippen molar-refractivity contribution in [2.75, 3.05) is 6.54 Å². The summed E-state index contributed by atoms with van der Waals surface area (Å²) in [5.74, 6) is 0.843. The number of aromatic nitrogens is 4. The zero-order valence-corrected chi connectivity index (χ0v) is 19.2. The lowest BCUT2D eigenvalue weighted by Gasteiger charge is -2.14. The fourth-order valence-corrected chi connectivity index (χ4v) is 4.25. The summed E-state index contributed by atoms with van der Waals surface area (Å²) in [6.07, 6.45) is -0.820. The van der Waals surface area contributed by atoms with E-state index in [9.17, 15) is 9.90 Å². The Kier molecular flexibility index (Phi) is 6.74. The summed E-state index contributed by atoms with van der Waals surface area (Å²) in [5, 5.41) is 18.9. The van der Waals surface area contributed by atoms with Gasteiger partial charge >= 0.3 is 0 Å². The maximum Gasteiger partial charge on any atom is 0.253 e. The van der Waals surface area contributed by atoms with Crippen LogP contribution in [0.1, 0.15) is 39.0 Å². The van der Waals surface area contributed by atoms with Gasteiger partial charge in [0.25, 0.3) is 11.7 Å². The van der Waals surface area contributed by atoms with Gasteiger partial charge in [0.05, 0.1) is 6.10 Å². The van der Waals surface area contributed by atoms with Gasteiger partial charge in [-0.15, -0.1) is 5.10 Å². The van der Waals surface area contributed by atoms with Crippen LogP contribution in [0.2, 0.25) is 5.02 Å². The Balaban J connectivity index is 1.42. The highest BCUT2D eigenvalue weighted by Crippen LogP contribution is 2.23. The van der Waals surface area contributed by atoms with Crippen molar-refractivity contribution in [1.82, 2.24) is 24.9 Å². The van der Waals surface area contributed by atoms with E-state index in [-0.39, 0.29) is 12.5 Å². The minimum atomic E-state index is -0.820. The summed E-state index contributed by atoms with van der Waals surface area (Å²) in [5.41, 5.74) is 3.95.